The highest BCUT2D eigenvalue weighted by Crippen LogP contribution is 2.36. The smallest absolute Gasteiger partial charge is 0.274 e. The highest BCUT2D eigenvalue weighted by molar-refractivity contribution is 7.17. The number of anilines is 1. The van der Waals surface area contributed by atoms with E-state index in [-0.39, 0.29) is 61.2 Å². The maximum absolute atomic E-state index is 13.6. The number of hydrogen-bond donors (Lipinski definition) is 2. The molecule has 4 heterocycles. The zero-order valence-electron chi connectivity index (χ0n) is 19.5. The van der Waals surface area contributed by atoms with Crippen LogP contribution >= 0.6 is 11.3 Å². The zero-order chi connectivity index (χ0) is 25.4. The van der Waals surface area contributed by atoms with Crippen LogP contribution in [-0.2, 0) is 4.79 Å². The number of amides is 2. The summed E-state index contributed by atoms with van der Waals surface area (Å²) in [5, 5.41) is 7.82. The molecule has 8 nitrogen and oxygen atoms in total. The van der Waals surface area contributed by atoms with Gasteiger partial charge in [-0.3, -0.25) is 14.6 Å². The Bertz CT molecular complexity index is 1290. The standard InChI is InChI=1S/C24H25F3N6O2S/c1-13(15-8-16(25)10-28-9-15)29-23-31-18-4-7-36-20(18)19(32-23)22(35)33-11-17(12-33)30-21(34)14-2-5-24(26,27)6-3-14/h4,7-10,13-14,17H,2-3,5-6,11-12H2,1H3,(H,30,34)(H,29,31,32)/t13-/m0/s1. The van der Waals surface area contributed by atoms with Gasteiger partial charge in [0.1, 0.15) is 5.82 Å². The molecule has 2 N–H and O–H groups in total. The van der Waals surface area contributed by atoms with Gasteiger partial charge < -0.3 is 15.5 Å². The summed E-state index contributed by atoms with van der Waals surface area (Å²) in [5.41, 5.74) is 1.48. The number of hydrogen-bond acceptors (Lipinski definition) is 7. The highest BCUT2D eigenvalue weighted by Gasteiger charge is 2.39. The molecule has 0 radical (unpaired) electrons. The van der Waals surface area contributed by atoms with Crippen LogP contribution in [0.1, 0.15) is 54.7 Å². The quantitative estimate of drug-likeness (QED) is 0.508. The van der Waals surface area contributed by atoms with Crippen molar-refractivity contribution in [2.45, 2.75) is 50.6 Å². The van der Waals surface area contributed by atoms with Crippen molar-refractivity contribution >= 4 is 39.3 Å². The summed E-state index contributed by atoms with van der Waals surface area (Å²) in [6.45, 7) is 2.45. The van der Waals surface area contributed by atoms with Crippen LogP contribution in [0.2, 0.25) is 0 Å². The number of fused-ring (bicyclic) bond motifs is 1. The van der Waals surface area contributed by atoms with Crippen LogP contribution in [0.4, 0.5) is 19.1 Å². The minimum Gasteiger partial charge on any atom is -0.350 e. The molecule has 2 aliphatic rings. The summed E-state index contributed by atoms with van der Waals surface area (Å²) < 4.78 is 40.9. The molecule has 2 fully saturated rings. The van der Waals surface area contributed by atoms with Crippen LogP contribution < -0.4 is 10.6 Å². The fraction of sp³-hybridized carbons (Fsp3) is 0.458. The van der Waals surface area contributed by atoms with Crippen LogP contribution in [0.5, 0.6) is 0 Å². The Kier molecular flexibility index (Phi) is 6.54. The number of carbonyl (C=O) groups excluding carboxylic acids is 2. The van der Waals surface area contributed by atoms with E-state index < -0.39 is 17.7 Å². The molecule has 36 heavy (non-hydrogen) atoms. The number of aromatic nitrogens is 3. The largest absolute Gasteiger partial charge is 0.350 e. The van der Waals surface area contributed by atoms with Crippen molar-refractivity contribution in [3.05, 3.63) is 47.0 Å². The second-order valence-electron chi connectivity index (χ2n) is 9.38. The Balaban J connectivity index is 1.23. The van der Waals surface area contributed by atoms with Gasteiger partial charge in [0, 0.05) is 38.0 Å². The number of carbonyl (C=O) groups is 2. The minimum atomic E-state index is -2.68. The number of thiophene rings is 1. The molecule has 5 rings (SSSR count). The van der Waals surface area contributed by atoms with Gasteiger partial charge >= 0.3 is 0 Å². The molecule has 1 atom stereocenters. The fourth-order valence-electron chi connectivity index (χ4n) is 4.52. The van der Waals surface area contributed by atoms with E-state index in [1.54, 1.807) is 17.2 Å². The molecule has 0 unspecified atom stereocenters. The molecule has 1 aliphatic carbocycles. The van der Waals surface area contributed by atoms with Gasteiger partial charge in [0.2, 0.25) is 17.8 Å². The number of pyridine rings is 1. The van der Waals surface area contributed by atoms with Crippen molar-refractivity contribution in [1.29, 1.82) is 0 Å². The Morgan fingerprint density at radius 3 is 2.67 bits per heavy atom. The Morgan fingerprint density at radius 1 is 1.19 bits per heavy atom. The third kappa shape index (κ3) is 5.13. The number of nitrogens with zero attached hydrogens (tertiary/aromatic N) is 4. The van der Waals surface area contributed by atoms with Crippen molar-refractivity contribution in [3.63, 3.8) is 0 Å². The first kappa shape index (κ1) is 24.4. The zero-order valence-corrected chi connectivity index (χ0v) is 20.3. The van der Waals surface area contributed by atoms with Crippen LogP contribution in [0.25, 0.3) is 10.2 Å². The average molecular weight is 519 g/mol. The molecule has 0 bridgehead atoms. The van der Waals surface area contributed by atoms with E-state index in [0.29, 0.717) is 28.9 Å². The van der Waals surface area contributed by atoms with Crippen molar-refractivity contribution in [1.82, 2.24) is 25.2 Å². The first-order valence-corrected chi connectivity index (χ1v) is 12.7. The van der Waals surface area contributed by atoms with Crippen LogP contribution in [0.15, 0.2) is 29.9 Å². The van der Waals surface area contributed by atoms with Gasteiger partial charge in [0.15, 0.2) is 5.69 Å². The molecular formula is C24H25F3N6O2S. The number of likely N-dealkylation sites (tertiary alicyclic amines) is 1. The van der Waals surface area contributed by atoms with Crippen molar-refractivity contribution < 1.29 is 22.8 Å². The molecule has 1 saturated heterocycles. The van der Waals surface area contributed by atoms with E-state index in [4.69, 9.17) is 0 Å². The predicted molar refractivity (Wildman–Crippen MR) is 128 cm³/mol. The molecule has 0 aromatic carbocycles. The lowest BCUT2D eigenvalue weighted by Crippen LogP contribution is -2.61. The first-order valence-electron chi connectivity index (χ1n) is 11.8. The molecule has 12 heteroatoms. The second kappa shape index (κ2) is 9.64. The molecule has 3 aromatic heterocycles. The number of halogens is 3. The normalized spacial score (nSPS) is 19.1. The number of nitrogens with one attached hydrogen (secondary N) is 2. The van der Waals surface area contributed by atoms with E-state index in [1.165, 1.54) is 17.4 Å². The number of rotatable bonds is 6. The van der Waals surface area contributed by atoms with Crippen molar-refractivity contribution in [2.24, 2.45) is 5.92 Å². The Labute approximate surface area is 209 Å². The van der Waals surface area contributed by atoms with E-state index >= 15 is 0 Å². The second-order valence-corrected chi connectivity index (χ2v) is 10.3. The summed E-state index contributed by atoms with van der Waals surface area (Å²) in [5.74, 6) is -3.81. The van der Waals surface area contributed by atoms with E-state index in [9.17, 15) is 22.8 Å². The summed E-state index contributed by atoms with van der Waals surface area (Å²) in [6.07, 6.45) is 2.47. The maximum atomic E-state index is 13.6. The molecule has 190 valence electrons. The average Bonchev–Trinajstić information content (AvgIpc) is 3.28. The van der Waals surface area contributed by atoms with Gasteiger partial charge in [-0.2, -0.15) is 0 Å². The van der Waals surface area contributed by atoms with Gasteiger partial charge in [0.05, 0.1) is 28.5 Å². The summed E-state index contributed by atoms with van der Waals surface area (Å²) in [7, 11) is 0. The van der Waals surface area contributed by atoms with Gasteiger partial charge in [-0.05, 0) is 42.8 Å². The lowest BCUT2D eigenvalue weighted by Gasteiger charge is -2.40. The number of alkyl halides is 2. The summed E-state index contributed by atoms with van der Waals surface area (Å²) in [4.78, 5) is 40.1. The topological polar surface area (TPSA) is 100 Å². The van der Waals surface area contributed by atoms with E-state index in [2.05, 4.69) is 25.6 Å². The predicted octanol–water partition coefficient (Wildman–Crippen LogP) is 4.16. The Hall–Kier alpha value is -3.28. The maximum Gasteiger partial charge on any atom is 0.274 e. The van der Waals surface area contributed by atoms with Gasteiger partial charge in [-0.15, -0.1) is 11.3 Å². The third-order valence-electron chi connectivity index (χ3n) is 6.68. The summed E-state index contributed by atoms with van der Waals surface area (Å²) in [6, 6.07) is 2.59. The van der Waals surface area contributed by atoms with Crippen LogP contribution in [-0.4, -0.2) is 56.7 Å². The van der Waals surface area contributed by atoms with Crippen LogP contribution in [0.3, 0.4) is 0 Å². The monoisotopic (exact) mass is 518 g/mol. The molecule has 1 saturated carbocycles. The molecule has 2 amide bonds. The summed E-state index contributed by atoms with van der Waals surface area (Å²) >= 11 is 1.36. The van der Waals surface area contributed by atoms with E-state index in [1.807, 2.05) is 12.3 Å². The SMILES string of the molecule is C[C@H](Nc1nc(C(=O)N2CC(NC(=O)C3CCC(F)(F)CC3)C2)c2sccc2n1)c1cncc(F)c1. The minimum absolute atomic E-state index is 0.172. The van der Waals surface area contributed by atoms with Gasteiger partial charge in [0.25, 0.3) is 5.91 Å². The first-order chi connectivity index (χ1) is 17.2. The van der Waals surface area contributed by atoms with Crippen molar-refractivity contribution in [3.8, 4) is 0 Å². The van der Waals surface area contributed by atoms with Gasteiger partial charge in [-0.1, -0.05) is 0 Å². The molecular weight excluding hydrogens is 493 g/mol. The highest BCUT2D eigenvalue weighted by atomic mass is 32.1. The van der Waals surface area contributed by atoms with Crippen molar-refractivity contribution in [2.75, 3.05) is 18.4 Å². The van der Waals surface area contributed by atoms with E-state index in [0.717, 1.165) is 6.20 Å². The Morgan fingerprint density at radius 2 is 1.94 bits per heavy atom. The van der Waals surface area contributed by atoms with Crippen LogP contribution in [0, 0.1) is 11.7 Å². The van der Waals surface area contributed by atoms with Gasteiger partial charge in [-0.25, -0.2) is 23.1 Å². The fourth-order valence-corrected chi connectivity index (χ4v) is 5.33. The molecule has 1 aliphatic heterocycles. The lowest BCUT2D eigenvalue weighted by molar-refractivity contribution is -0.130. The molecule has 0 spiro atoms. The molecule has 3 aromatic rings. The third-order valence-corrected chi connectivity index (χ3v) is 7.59. The lowest BCUT2D eigenvalue weighted by atomic mass is 9.86.